The van der Waals surface area contributed by atoms with Gasteiger partial charge in [0.15, 0.2) is 0 Å². The predicted octanol–water partition coefficient (Wildman–Crippen LogP) is 4.18. The molecule has 2 aromatic carbocycles. The molecule has 0 aromatic heterocycles. The van der Waals surface area contributed by atoms with Crippen LogP contribution in [0.25, 0.3) is 11.1 Å². The van der Waals surface area contributed by atoms with Crippen LogP contribution in [0.3, 0.4) is 0 Å². The Kier molecular flexibility index (Phi) is 3.71. The van der Waals surface area contributed by atoms with E-state index in [0.29, 0.717) is 6.04 Å². The van der Waals surface area contributed by atoms with Gasteiger partial charge in [-0.05, 0) is 30.5 Å². The van der Waals surface area contributed by atoms with E-state index in [1.165, 1.54) is 11.1 Å². The summed E-state index contributed by atoms with van der Waals surface area (Å²) < 4.78 is 0. The molecule has 1 heteroatoms. The van der Waals surface area contributed by atoms with Gasteiger partial charge in [0, 0.05) is 12.3 Å². The molecule has 0 heterocycles. The van der Waals surface area contributed by atoms with Gasteiger partial charge in [-0.15, -0.1) is 0 Å². The highest BCUT2D eigenvalue weighted by Crippen LogP contribution is 2.18. The van der Waals surface area contributed by atoms with Crippen LogP contribution in [0.1, 0.15) is 19.4 Å². The topological polar surface area (TPSA) is 12.4 Å². The summed E-state index contributed by atoms with van der Waals surface area (Å²) >= 11 is 0. The fraction of sp³-hybridized carbons (Fsp3) is 0.188. The molecule has 0 N–H and O–H groups in total. The number of hydrogen-bond acceptors (Lipinski definition) is 1. The summed E-state index contributed by atoms with van der Waals surface area (Å²) in [5, 5.41) is 0. The largest absolute Gasteiger partial charge is 0.290 e. The van der Waals surface area contributed by atoms with Gasteiger partial charge in [0.05, 0.1) is 0 Å². The maximum absolute atomic E-state index is 4.37. The molecule has 2 rings (SSSR count). The highest BCUT2D eigenvalue weighted by Gasteiger charge is 1.95. The van der Waals surface area contributed by atoms with E-state index in [1.54, 1.807) is 0 Å². The molecule has 1 nitrogen and oxygen atoms in total. The van der Waals surface area contributed by atoms with Crippen LogP contribution in [0.4, 0.5) is 0 Å². The Morgan fingerprint density at radius 1 is 0.824 bits per heavy atom. The van der Waals surface area contributed by atoms with Crippen LogP contribution in [-0.4, -0.2) is 12.3 Å². The van der Waals surface area contributed by atoms with Crippen LogP contribution in [0.5, 0.6) is 0 Å². The summed E-state index contributed by atoms with van der Waals surface area (Å²) in [5.74, 6) is 0. The van der Waals surface area contributed by atoms with E-state index in [1.807, 2.05) is 12.3 Å². The van der Waals surface area contributed by atoms with E-state index in [4.69, 9.17) is 0 Å². The smallest absolute Gasteiger partial charge is 0.0443 e. The molecule has 0 amide bonds. The fourth-order valence-electron chi connectivity index (χ4n) is 1.63. The standard InChI is InChI=1S/C16H17N/c1-13(2)17-12-14-8-10-16(11-9-14)15-6-4-3-5-7-15/h3-13H,1-2H3. The lowest BCUT2D eigenvalue weighted by Gasteiger charge is -2.02. The second-order valence-corrected chi connectivity index (χ2v) is 4.36. The van der Waals surface area contributed by atoms with Crippen molar-refractivity contribution < 1.29 is 0 Å². The van der Waals surface area contributed by atoms with Gasteiger partial charge in [-0.25, -0.2) is 0 Å². The van der Waals surface area contributed by atoms with Crippen molar-refractivity contribution in [3.8, 4) is 11.1 Å². The van der Waals surface area contributed by atoms with Crippen molar-refractivity contribution in [3.63, 3.8) is 0 Å². The first-order chi connectivity index (χ1) is 8.25. The lowest BCUT2D eigenvalue weighted by atomic mass is 10.0. The monoisotopic (exact) mass is 223 g/mol. The summed E-state index contributed by atoms with van der Waals surface area (Å²) in [4.78, 5) is 4.37. The van der Waals surface area contributed by atoms with Crippen molar-refractivity contribution in [1.82, 2.24) is 0 Å². The van der Waals surface area contributed by atoms with E-state index in [0.717, 1.165) is 5.56 Å². The fourth-order valence-corrected chi connectivity index (χ4v) is 1.63. The average Bonchev–Trinajstić information content (AvgIpc) is 2.38. The zero-order chi connectivity index (χ0) is 12.1. The Morgan fingerprint density at radius 2 is 1.41 bits per heavy atom. The van der Waals surface area contributed by atoms with Gasteiger partial charge in [0.2, 0.25) is 0 Å². The molecule has 0 aliphatic carbocycles. The number of nitrogens with zero attached hydrogens (tertiary/aromatic N) is 1. The van der Waals surface area contributed by atoms with Crippen LogP contribution in [0.2, 0.25) is 0 Å². The molecular weight excluding hydrogens is 206 g/mol. The van der Waals surface area contributed by atoms with E-state index in [9.17, 15) is 0 Å². The molecule has 0 atom stereocenters. The van der Waals surface area contributed by atoms with Crippen molar-refractivity contribution in [1.29, 1.82) is 0 Å². The van der Waals surface area contributed by atoms with E-state index >= 15 is 0 Å². The second-order valence-electron chi connectivity index (χ2n) is 4.36. The Balaban J connectivity index is 2.19. The van der Waals surface area contributed by atoms with Crippen molar-refractivity contribution >= 4 is 6.21 Å². The normalized spacial score (nSPS) is 11.2. The minimum atomic E-state index is 0.351. The molecular formula is C16H17N. The molecule has 0 fully saturated rings. The maximum atomic E-state index is 4.37. The van der Waals surface area contributed by atoms with Crippen molar-refractivity contribution in [2.45, 2.75) is 19.9 Å². The third-order valence-corrected chi connectivity index (χ3v) is 2.54. The number of hydrogen-bond donors (Lipinski definition) is 0. The van der Waals surface area contributed by atoms with Gasteiger partial charge >= 0.3 is 0 Å². The van der Waals surface area contributed by atoms with Crippen LogP contribution in [0.15, 0.2) is 59.6 Å². The predicted molar refractivity (Wildman–Crippen MR) is 74.6 cm³/mol. The molecule has 0 unspecified atom stereocenters. The quantitative estimate of drug-likeness (QED) is 0.692. The molecule has 0 saturated carbocycles. The molecule has 0 aliphatic heterocycles. The molecule has 0 saturated heterocycles. The van der Waals surface area contributed by atoms with Crippen LogP contribution >= 0.6 is 0 Å². The third-order valence-electron chi connectivity index (χ3n) is 2.54. The first kappa shape index (κ1) is 11.6. The number of rotatable bonds is 3. The molecule has 2 aromatic rings. The third kappa shape index (κ3) is 3.28. The Hall–Kier alpha value is -1.89. The van der Waals surface area contributed by atoms with E-state index in [2.05, 4.69) is 67.4 Å². The minimum Gasteiger partial charge on any atom is -0.290 e. The Bertz CT molecular complexity index is 481. The van der Waals surface area contributed by atoms with Crippen LogP contribution < -0.4 is 0 Å². The Morgan fingerprint density at radius 3 is 2.00 bits per heavy atom. The zero-order valence-corrected chi connectivity index (χ0v) is 10.3. The van der Waals surface area contributed by atoms with Gasteiger partial charge in [0.25, 0.3) is 0 Å². The van der Waals surface area contributed by atoms with E-state index in [-0.39, 0.29) is 0 Å². The highest BCUT2D eigenvalue weighted by molar-refractivity contribution is 5.81. The van der Waals surface area contributed by atoms with Crippen LogP contribution in [-0.2, 0) is 0 Å². The summed E-state index contributed by atoms with van der Waals surface area (Å²) in [6.07, 6.45) is 1.93. The van der Waals surface area contributed by atoms with Crippen molar-refractivity contribution in [2.75, 3.05) is 0 Å². The summed E-state index contributed by atoms with van der Waals surface area (Å²) in [5.41, 5.74) is 3.64. The lowest BCUT2D eigenvalue weighted by molar-refractivity contribution is 0.841. The number of benzene rings is 2. The molecule has 0 radical (unpaired) electrons. The second kappa shape index (κ2) is 5.44. The van der Waals surface area contributed by atoms with Gasteiger partial charge in [-0.1, -0.05) is 54.6 Å². The van der Waals surface area contributed by atoms with Gasteiger partial charge in [-0.2, -0.15) is 0 Å². The van der Waals surface area contributed by atoms with E-state index < -0.39 is 0 Å². The molecule has 86 valence electrons. The zero-order valence-electron chi connectivity index (χ0n) is 10.3. The van der Waals surface area contributed by atoms with Gasteiger partial charge in [0.1, 0.15) is 0 Å². The first-order valence-corrected chi connectivity index (χ1v) is 5.94. The summed E-state index contributed by atoms with van der Waals surface area (Å²) in [6, 6.07) is 19.2. The summed E-state index contributed by atoms with van der Waals surface area (Å²) in [7, 11) is 0. The van der Waals surface area contributed by atoms with Crippen LogP contribution in [0, 0.1) is 0 Å². The SMILES string of the molecule is CC(C)N=Cc1ccc(-c2ccccc2)cc1. The van der Waals surface area contributed by atoms with Gasteiger partial charge in [-0.3, -0.25) is 4.99 Å². The molecule has 0 spiro atoms. The Labute approximate surface area is 103 Å². The van der Waals surface area contributed by atoms with Crippen molar-refractivity contribution in [2.24, 2.45) is 4.99 Å². The molecule has 17 heavy (non-hydrogen) atoms. The first-order valence-electron chi connectivity index (χ1n) is 5.94. The van der Waals surface area contributed by atoms with Crippen molar-refractivity contribution in [3.05, 3.63) is 60.2 Å². The summed E-state index contributed by atoms with van der Waals surface area (Å²) in [6.45, 7) is 4.16. The lowest BCUT2D eigenvalue weighted by Crippen LogP contribution is -1.90. The average molecular weight is 223 g/mol. The maximum Gasteiger partial charge on any atom is 0.0443 e. The van der Waals surface area contributed by atoms with Gasteiger partial charge < -0.3 is 0 Å². The molecule has 0 aliphatic rings. The minimum absolute atomic E-state index is 0.351. The number of aliphatic imine (C=N–C) groups is 1. The molecule has 0 bridgehead atoms. The highest BCUT2D eigenvalue weighted by atomic mass is 14.7.